The number of phenols is 2. The van der Waals surface area contributed by atoms with Crippen LogP contribution in [-0.4, -0.2) is 35.7 Å². The molecule has 2 N–H and O–H groups in total. The predicted octanol–water partition coefficient (Wildman–Crippen LogP) is 5.76. The number of hydrogen-bond donors (Lipinski definition) is 2. The number of nitrogens with zero attached hydrogens (tertiary/aromatic N) is 2. The fourth-order valence-corrected chi connectivity index (χ4v) is 2.99. The number of hydrogen-bond acceptors (Lipinski definition) is 4. The zero-order valence-electron chi connectivity index (χ0n) is 16.6. The monoisotopic (exact) mass is 380 g/mol. The van der Waals surface area contributed by atoms with Crippen molar-refractivity contribution in [3.8, 4) is 11.5 Å². The maximum Gasteiger partial charge on any atom is 0.124 e. The van der Waals surface area contributed by atoms with E-state index < -0.39 is 0 Å². The van der Waals surface area contributed by atoms with Crippen molar-refractivity contribution >= 4 is 12.4 Å². The van der Waals surface area contributed by atoms with Gasteiger partial charge in [0.15, 0.2) is 0 Å². The highest BCUT2D eigenvalue weighted by Gasteiger charge is 1.96. The van der Waals surface area contributed by atoms with E-state index in [0.29, 0.717) is 0 Å². The molecule has 28 heavy (non-hydrogen) atoms. The quantitative estimate of drug-likeness (QED) is 0.343. The van der Waals surface area contributed by atoms with E-state index in [2.05, 4.69) is 9.98 Å². The van der Waals surface area contributed by atoms with Crippen LogP contribution in [0, 0.1) is 0 Å². The maximum absolute atomic E-state index is 9.66. The van der Waals surface area contributed by atoms with Gasteiger partial charge in [0.2, 0.25) is 0 Å². The Morgan fingerprint density at radius 1 is 0.536 bits per heavy atom. The average Bonchev–Trinajstić information content (AvgIpc) is 2.71. The van der Waals surface area contributed by atoms with Gasteiger partial charge in [-0.15, -0.1) is 0 Å². The number of rotatable bonds is 13. The molecule has 2 aromatic rings. The van der Waals surface area contributed by atoms with Gasteiger partial charge in [0, 0.05) is 36.6 Å². The van der Waals surface area contributed by atoms with E-state index in [9.17, 15) is 10.2 Å². The van der Waals surface area contributed by atoms with Crippen LogP contribution in [0.3, 0.4) is 0 Å². The van der Waals surface area contributed by atoms with Gasteiger partial charge < -0.3 is 10.2 Å². The van der Waals surface area contributed by atoms with Crippen molar-refractivity contribution in [1.29, 1.82) is 0 Å². The highest BCUT2D eigenvalue weighted by molar-refractivity contribution is 5.83. The first-order chi connectivity index (χ1) is 13.8. The Hall–Kier alpha value is -2.62. The lowest BCUT2D eigenvalue weighted by Crippen LogP contribution is -1.88. The van der Waals surface area contributed by atoms with E-state index in [-0.39, 0.29) is 11.5 Å². The van der Waals surface area contributed by atoms with Gasteiger partial charge in [0.05, 0.1) is 0 Å². The summed E-state index contributed by atoms with van der Waals surface area (Å²) >= 11 is 0. The summed E-state index contributed by atoms with van der Waals surface area (Å²) in [5.74, 6) is 0.574. The molecule has 0 saturated heterocycles. The van der Waals surface area contributed by atoms with Gasteiger partial charge in [0.1, 0.15) is 11.5 Å². The minimum Gasteiger partial charge on any atom is -0.507 e. The Kier molecular flexibility index (Phi) is 10.5. The molecule has 0 aliphatic heterocycles. The molecule has 2 aromatic carbocycles. The molecule has 0 saturated carbocycles. The Bertz CT molecular complexity index is 677. The molecule has 0 fully saturated rings. The lowest BCUT2D eigenvalue weighted by atomic mass is 10.1. The summed E-state index contributed by atoms with van der Waals surface area (Å²) in [6.45, 7) is 1.65. The second-order valence-electron chi connectivity index (χ2n) is 7.02. The van der Waals surface area contributed by atoms with Crippen molar-refractivity contribution in [3.05, 3.63) is 59.7 Å². The molecule has 0 aromatic heterocycles. The zero-order valence-corrected chi connectivity index (χ0v) is 16.6. The van der Waals surface area contributed by atoms with Crippen LogP contribution >= 0.6 is 0 Å². The van der Waals surface area contributed by atoms with E-state index in [1.807, 2.05) is 36.4 Å². The molecule has 4 heteroatoms. The van der Waals surface area contributed by atoms with Gasteiger partial charge >= 0.3 is 0 Å². The number of benzene rings is 2. The molecule has 0 amide bonds. The highest BCUT2D eigenvalue weighted by Crippen LogP contribution is 2.14. The zero-order chi connectivity index (χ0) is 19.9. The summed E-state index contributed by atoms with van der Waals surface area (Å²) < 4.78 is 0. The summed E-state index contributed by atoms with van der Waals surface area (Å²) in [5, 5.41) is 19.3. The van der Waals surface area contributed by atoms with E-state index in [4.69, 9.17) is 0 Å². The van der Waals surface area contributed by atoms with E-state index >= 15 is 0 Å². The van der Waals surface area contributed by atoms with Crippen LogP contribution in [0.4, 0.5) is 0 Å². The van der Waals surface area contributed by atoms with Gasteiger partial charge in [-0.05, 0) is 37.1 Å². The van der Waals surface area contributed by atoms with Crippen LogP contribution in [-0.2, 0) is 0 Å². The standard InChI is InChI=1S/C24H32N2O2/c27-23-15-9-7-13-21(23)19-25-17-11-5-3-1-2-4-6-12-18-26-20-22-14-8-10-16-24(22)28/h7-10,13-16,19-20,27-28H,1-6,11-12,17-18H2. The summed E-state index contributed by atoms with van der Waals surface area (Å²) in [5.41, 5.74) is 1.57. The number of unbranched alkanes of at least 4 members (excludes halogenated alkanes) is 7. The topological polar surface area (TPSA) is 65.2 Å². The summed E-state index contributed by atoms with van der Waals surface area (Å²) in [4.78, 5) is 8.78. The Morgan fingerprint density at radius 2 is 0.893 bits per heavy atom. The smallest absolute Gasteiger partial charge is 0.124 e. The normalized spacial score (nSPS) is 11.6. The fourth-order valence-electron chi connectivity index (χ4n) is 2.99. The number of aromatic hydroxyl groups is 2. The molecule has 0 aliphatic carbocycles. The molecule has 0 atom stereocenters. The summed E-state index contributed by atoms with van der Waals surface area (Å²) in [7, 11) is 0. The second-order valence-corrected chi connectivity index (χ2v) is 7.02. The molecule has 150 valence electrons. The minimum atomic E-state index is 0.287. The van der Waals surface area contributed by atoms with Crippen LogP contribution < -0.4 is 0 Å². The lowest BCUT2D eigenvalue weighted by Gasteiger charge is -2.01. The van der Waals surface area contributed by atoms with Crippen molar-refractivity contribution in [2.75, 3.05) is 13.1 Å². The molecule has 0 bridgehead atoms. The molecular weight excluding hydrogens is 348 g/mol. The molecule has 4 nitrogen and oxygen atoms in total. The number of aliphatic imine (C=N–C) groups is 2. The maximum atomic E-state index is 9.66. The number of para-hydroxylation sites is 2. The third-order valence-corrected chi connectivity index (χ3v) is 4.66. The molecule has 0 aliphatic rings. The molecule has 0 unspecified atom stereocenters. The van der Waals surface area contributed by atoms with Gasteiger partial charge in [-0.2, -0.15) is 0 Å². The summed E-state index contributed by atoms with van der Waals surface area (Å²) in [6, 6.07) is 14.5. The van der Waals surface area contributed by atoms with E-state index in [1.54, 1.807) is 24.6 Å². The van der Waals surface area contributed by atoms with Crippen LogP contribution in [0.15, 0.2) is 58.5 Å². The highest BCUT2D eigenvalue weighted by atomic mass is 16.3. The SMILES string of the molecule is Oc1ccccc1C=NCCCCCCCCCCN=Cc1ccccc1O. The Balaban J connectivity index is 1.40. The van der Waals surface area contributed by atoms with Crippen LogP contribution in [0.5, 0.6) is 11.5 Å². The van der Waals surface area contributed by atoms with Crippen molar-refractivity contribution in [1.82, 2.24) is 0 Å². The first kappa shape index (κ1) is 21.7. The molecule has 0 radical (unpaired) electrons. The van der Waals surface area contributed by atoms with Crippen LogP contribution in [0.1, 0.15) is 62.5 Å². The first-order valence-electron chi connectivity index (χ1n) is 10.3. The molecule has 2 rings (SSSR count). The Morgan fingerprint density at radius 3 is 1.29 bits per heavy atom. The van der Waals surface area contributed by atoms with Gasteiger partial charge in [-0.3, -0.25) is 9.98 Å². The molecule has 0 heterocycles. The third-order valence-electron chi connectivity index (χ3n) is 4.66. The van der Waals surface area contributed by atoms with E-state index in [1.165, 1.54) is 38.5 Å². The minimum absolute atomic E-state index is 0.287. The lowest BCUT2D eigenvalue weighted by molar-refractivity contribution is 0.474. The van der Waals surface area contributed by atoms with E-state index in [0.717, 1.165) is 37.1 Å². The van der Waals surface area contributed by atoms with Crippen molar-refractivity contribution in [2.45, 2.75) is 51.4 Å². The third kappa shape index (κ3) is 8.85. The molecular formula is C24H32N2O2. The summed E-state index contributed by atoms with van der Waals surface area (Å²) in [6.07, 6.45) is 13.2. The largest absolute Gasteiger partial charge is 0.507 e. The first-order valence-corrected chi connectivity index (χ1v) is 10.3. The Labute approximate surface area is 168 Å². The predicted molar refractivity (Wildman–Crippen MR) is 118 cm³/mol. The fraction of sp³-hybridized carbons (Fsp3) is 0.417. The number of phenolic OH excluding ortho intramolecular Hbond substituents is 2. The van der Waals surface area contributed by atoms with Gasteiger partial charge in [0.25, 0.3) is 0 Å². The van der Waals surface area contributed by atoms with Crippen LogP contribution in [0.2, 0.25) is 0 Å². The van der Waals surface area contributed by atoms with Crippen LogP contribution in [0.25, 0.3) is 0 Å². The second kappa shape index (κ2) is 13.5. The van der Waals surface area contributed by atoms with Gasteiger partial charge in [-0.1, -0.05) is 62.8 Å². The van der Waals surface area contributed by atoms with Crippen molar-refractivity contribution in [3.63, 3.8) is 0 Å². The van der Waals surface area contributed by atoms with Crippen molar-refractivity contribution < 1.29 is 10.2 Å². The van der Waals surface area contributed by atoms with Gasteiger partial charge in [-0.25, -0.2) is 0 Å². The molecule has 0 spiro atoms. The van der Waals surface area contributed by atoms with Crippen molar-refractivity contribution in [2.24, 2.45) is 9.98 Å². The average molecular weight is 381 g/mol.